The fourth-order valence-corrected chi connectivity index (χ4v) is 1.38. The fourth-order valence-electron chi connectivity index (χ4n) is 1.38. The number of carbonyl (C=O) groups excluding carboxylic acids is 1. The quantitative estimate of drug-likeness (QED) is 0.561. The second kappa shape index (κ2) is 3.04. The molecule has 2 heteroatoms. The molecule has 0 bridgehead atoms. The Morgan fingerprint density at radius 3 is 2.60 bits per heavy atom. The van der Waals surface area contributed by atoms with Crippen molar-refractivity contribution >= 4 is 5.97 Å². The Labute approximate surface area is 61.6 Å². The monoisotopic (exact) mass is 142 g/mol. The maximum atomic E-state index is 10.8. The van der Waals surface area contributed by atoms with Gasteiger partial charge in [0.25, 0.3) is 0 Å². The number of cyclic esters (lactones) is 1. The van der Waals surface area contributed by atoms with Gasteiger partial charge in [0, 0.05) is 0 Å². The van der Waals surface area contributed by atoms with Crippen molar-refractivity contribution in [3.05, 3.63) is 0 Å². The zero-order valence-electron chi connectivity index (χ0n) is 6.59. The van der Waals surface area contributed by atoms with Crippen LogP contribution >= 0.6 is 0 Å². The third-order valence-electron chi connectivity index (χ3n) is 2.02. The summed E-state index contributed by atoms with van der Waals surface area (Å²) in [6.45, 7) is 4.15. The second-order valence-electron chi connectivity index (χ2n) is 2.78. The average molecular weight is 142 g/mol. The van der Waals surface area contributed by atoms with Crippen molar-refractivity contribution < 1.29 is 9.53 Å². The summed E-state index contributed by atoms with van der Waals surface area (Å²) in [6, 6.07) is 0. The number of ether oxygens (including phenoxy) is 1. The van der Waals surface area contributed by atoms with Gasteiger partial charge in [0.15, 0.2) is 0 Å². The number of hydrogen-bond acceptors (Lipinski definition) is 2. The van der Waals surface area contributed by atoms with Crippen molar-refractivity contribution in [2.45, 2.75) is 39.2 Å². The standard InChI is InChI=1S/C8H14O2/c1-3-5-6-7(4-2)10-8(6)9/h6-7H,3-5H2,1-2H3/t6-,7+/m1/s1. The summed E-state index contributed by atoms with van der Waals surface area (Å²) in [5.41, 5.74) is 0. The smallest absolute Gasteiger partial charge is 0.313 e. The van der Waals surface area contributed by atoms with Crippen LogP contribution in [0.4, 0.5) is 0 Å². The minimum absolute atomic E-state index is 0.00806. The third-order valence-corrected chi connectivity index (χ3v) is 2.02. The van der Waals surface area contributed by atoms with Gasteiger partial charge < -0.3 is 4.74 Å². The van der Waals surface area contributed by atoms with Gasteiger partial charge in [0.05, 0.1) is 5.92 Å². The lowest BCUT2D eigenvalue weighted by atomic mass is 9.91. The largest absolute Gasteiger partial charge is 0.461 e. The van der Waals surface area contributed by atoms with Gasteiger partial charge in [-0.05, 0) is 12.8 Å². The third kappa shape index (κ3) is 1.15. The van der Waals surface area contributed by atoms with E-state index in [1.54, 1.807) is 0 Å². The van der Waals surface area contributed by atoms with Crippen LogP contribution in [-0.4, -0.2) is 12.1 Å². The Balaban J connectivity index is 2.32. The van der Waals surface area contributed by atoms with Crippen LogP contribution in [0.2, 0.25) is 0 Å². The summed E-state index contributed by atoms with van der Waals surface area (Å²) in [6.07, 6.45) is 3.27. The molecule has 1 fully saturated rings. The SMILES string of the molecule is CCC[C@H]1C(=O)O[C@H]1CC. The summed E-state index contributed by atoms with van der Waals surface area (Å²) >= 11 is 0. The molecule has 0 aliphatic carbocycles. The Kier molecular flexibility index (Phi) is 2.30. The van der Waals surface area contributed by atoms with Gasteiger partial charge in [-0.1, -0.05) is 20.3 Å². The molecule has 58 valence electrons. The minimum atomic E-state index is 0.00806. The predicted molar refractivity (Wildman–Crippen MR) is 38.6 cm³/mol. The number of esters is 1. The summed E-state index contributed by atoms with van der Waals surface area (Å²) in [4.78, 5) is 10.8. The van der Waals surface area contributed by atoms with E-state index in [0.29, 0.717) is 0 Å². The van der Waals surface area contributed by atoms with E-state index in [4.69, 9.17) is 4.74 Å². The average Bonchev–Trinajstić information content (AvgIpc) is 1.95. The van der Waals surface area contributed by atoms with Gasteiger partial charge in [-0.3, -0.25) is 4.79 Å². The summed E-state index contributed by atoms with van der Waals surface area (Å²) < 4.78 is 4.91. The molecule has 0 spiro atoms. The zero-order valence-corrected chi connectivity index (χ0v) is 6.59. The molecule has 0 N–H and O–H groups in total. The topological polar surface area (TPSA) is 26.3 Å². The Morgan fingerprint density at radius 2 is 2.20 bits per heavy atom. The van der Waals surface area contributed by atoms with Crippen molar-refractivity contribution in [3.63, 3.8) is 0 Å². The van der Waals surface area contributed by atoms with Gasteiger partial charge in [-0.15, -0.1) is 0 Å². The first-order chi connectivity index (χ1) is 4.79. The summed E-state index contributed by atoms with van der Waals surface area (Å²) in [5.74, 6) is 0.226. The van der Waals surface area contributed by atoms with E-state index in [1.165, 1.54) is 0 Å². The Hall–Kier alpha value is -0.530. The van der Waals surface area contributed by atoms with E-state index < -0.39 is 0 Å². The lowest BCUT2D eigenvalue weighted by Crippen LogP contribution is -2.44. The molecular formula is C8H14O2. The maximum absolute atomic E-state index is 10.8. The molecule has 2 nitrogen and oxygen atoms in total. The second-order valence-corrected chi connectivity index (χ2v) is 2.78. The molecule has 0 unspecified atom stereocenters. The highest BCUT2D eigenvalue weighted by molar-refractivity contribution is 5.78. The first-order valence-corrected chi connectivity index (χ1v) is 4.00. The van der Waals surface area contributed by atoms with Gasteiger partial charge in [0.2, 0.25) is 0 Å². The number of carbonyl (C=O) groups is 1. The fraction of sp³-hybridized carbons (Fsp3) is 0.875. The van der Waals surface area contributed by atoms with E-state index in [1.807, 2.05) is 0 Å². The van der Waals surface area contributed by atoms with Crippen LogP contribution < -0.4 is 0 Å². The molecule has 1 heterocycles. The molecule has 1 aliphatic heterocycles. The summed E-state index contributed by atoms with van der Waals surface area (Å²) in [5, 5.41) is 0. The van der Waals surface area contributed by atoms with E-state index in [0.717, 1.165) is 19.3 Å². The van der Waals surface area contributed by atoms with Crippen molar-refractivity contribution in [3.8, 4) is 0 Å². The molecule has 10 heavy (non-hydrogen) atoms. The molecule has 1 rings (SSSR count). The highest BCUT2D eigenvalue weighted by Gasteiger charge is 2.39. The van der Waals surface area contributed by atoms with Gasteiger partial charge in [-0.2, -0.15) is 0 Å². The molecule has 0 amide bonds. The molecular weight excluding hydrogens is 128 g/mol. The summed E-state index contributed by atoms with van der Waals surface area (Å²) in [7, 11) is 0. The van der Waals surface area contributed by atoms with Gasteiger partial charge >= 0.3 is 5.97 Å². The lowest BCUT2D eigenvalue weighted by molar-refractivity contribution is -0.185. The Morgan fingerprint density at radius 1 is 1.50 bits per heavy atom. The van der Waals surface area contributed by atoms with Crippen LogP contribution in [0.15, 0.2) is 0 Å². The molecule has 2 atom stereocenters. The van der Waals surface area contributed by atoms with Crippen molar-refractivity contribution in [1.29, 1.82) is 0 Å². The zero-order chi connectivity index (χ0) is 7.56. The van der Waals surface area contributed by atoms with E-state index in [-0.39, 0.29) is 18.0 Å². The number of rotatable bonds is 3. The highest BCUT2D eigenvalue weighted by atomic mass is 16.6. The molecule has 0 radical (unpaired) electrons. The van der Waals surface area contributed by atoms with Crippen LogP contribution in [0.25, 0.3) is 0 Å². The first kappa shape index (κ1) is 7.58. The van der Waals surface area contributed by atoms with Crippen LogP contribution in [0, 0.1) is 5.92 Å². The van der Waals surface area contributed by atoms with Crippen molar-refractivity contribution in [2.24, 2.45) is 5.92 Å². The first-order valence-electron chi connectivity index (χ1n) is 4.00. The minimum Gasteiger partial charge on any atom is -0.461 e. The highest BCUT2D eigenvalue weighted by Crippen LogP contribution is 2.28. The van der Waals surface area contributed by atoms with Gasteiger partial charge in [0.1, 0.15) is 6.10 Å². The van der Waals surface area contributed by atoms with E-state index >= 15 is 0 Å². The maximum Gasteiger partial charge on any atom is 0.313 e. The molecule has 1 saturated heterocycles. The molecule has 1 aliphatic rings. The van der Waals surface area contributed by atoms with E-state index in [9.17, 15) is 4.79 Å². The number of hydrogen-bond donors (Lipinski definition) is 0. The van der Waals surface area contributed by atoms with Crippen LogP contribution in [0.1, 0.15) is 33.1 Å². The van der Waals surface area contributed by atoms with Crippen molar-refractivity contribution in [2.75, 3.05) is 0 Å². The van der Waals surface area contributed by atoms with E-state index in [2.05, 4.69) is 13.8 Å². The molecule has 0 saturated carbocycles. The van der Waals surface area contributed by atoms with Crippen LogP contribution in [0.3, 0.4) is 0 Å². The Bertz CT molecular complexity index is 131. The predicted octanol–water partition coefficient (Wildman–Crippen LogP) is 1.74. The lowest BCUT2D eigenvalue weighted by Gasteiger charge is -2.34. The molecule has 0 aromatic heterocycles. The van der Waals surface area contributed by atoms with Crippen LogP contribution in [0.5, 0.6) is 0 Å². The van der Waals surface area contributed by atoms with Crippen LogP contribution in [-0.2, 0) is 9.53 Å². The van der Waals surface area contributed by atoms with Crippen molar-refractivity contribution in [1.82, 2.24) is 0 Å². The van der Waals surface area contributed by atoms with Gasteiger partial charge in [-0.25, -0.2) is 0 Å². The molecule has 0 aromatic rings. The normalized spacial score (nSPS) is 31.2. The molecule has 0 aromatic carbocycles.